The molecule has 2 aromatic carbocycles. The summed E-state index contributed by atoms with van der Waals surface area (Å²) in [4.78, 5) is 29.6. The monoisotopic (exact) mass is 338 g/mol. The number of rotatable bonds is 3. The van der Waals surface area contributed by atoms with Gasteiger partial charge in [-0.15, -0.1) is 0 Å². The van der Waals surface area contributed by atoms with E-state index in [1.807, 2.05) is 31.3 Å². The zero-order chi connectivity index (χ0) is 16.8. The number of benzene rings is 2. The minimum atomic E-state index is -0.222. The van der Waals surface area contributed by atoms with Crippen molar-refractivity contribution in [2.45, 2.75) is 12.8 Å². The smallest absolute Gasteiger partial charge is 0.261 e. The lowest BCUT2D eigenvalue weighted by molar-refractivity contribution is 0.0646. The Kier molecular flexibility index (Phi) is 3.43. The lowest BCUT2D eigenvalue weighted by atomic mass is 10.00. The average Bonchev–Trinajstić information content (AvgIpc) is 3.10. The van der Waals surface area contributed by atoms with Crippen molar-refractivity contribution in [3.63, 3.8) is 0 Å². The summed E-state index contributed by atoms with van der Waals surface area (Å²) in [5, 5.41) is 1.68. The molecule has 5 heteroatoms. The number of carbonyl (C=O) groups excluding carboxylic acids is 2. The van der Waals surface area contributed by atoms with Crippen LogP contribution in [0, 0.1) is 0 Å². The van der Waals surface area contributed by atoms with E-state index in [0.717, 1.165) is 16.5 Å². The van der Waals surface area contributed by atoms with Crippen LogP contribution in [0.5, 0.6) is 0 Å². The molecule has 1 aliphatic rings. The van der Waals surface area contributed by atoms with Crippen LogP contribution < -0.4 is 0 Å². The van der Waals surface area contributed by atoms with E-state index in [1.165, 1.54) is 4.90 Å². The summed E-state index contributed by atoms with van der Waals surface area (Å²) < 4.78 is 0. The normalized spacial score (nSPS) is 15.2. The first-order valence-electron chi connectivity index (χ1n) is 7.78. The number of amides is 2. The third-order valence-electron chi connectivity index (χ3n) is 4.54. The highest BCUT2D eigenvalue weighted by Crippen LogP contribution is 2.30. The third kappa shape index (κ3) is 2.22. The average molecular weight is 339 g/mol. The molecule has 4 nitrogen and oxygen atoms in total. The van der Waals surface area contributed by atoms with Crippen LogP contribution in [-0.4, -0.2) is 28.2 Å². The summed E-state index contributed by atoms with van der Waals surface area (Å²) in [5.74, 6) is -0.444. The molecule has 2 heterocycles. The molecule has 1 unspecified atom stereocenters. The first kappa shape index (κ1) is 15.0. The van der Waals surface area contributed by atoms with Crippen LogP contribution in [0.3, 0.4) is 0 Å². The highest BCUT2D eigenvalue weighted by atomic mass is 35.5. The van der Waals surface area contributed by atoms with Gasteiger partial charge in [0.15, 0.2) is 0 Å². The Hall–Kier alpha value is -2.59. The van der Waals surface area contributed by atoms with Crippen molar-refractivity contribution in [1.82, 2.24) is 9.88 Å². The van der Waals surface area contributed by atoms with Crippen LogP contribution in [0.4, 0.5) is 0 Å². The zero-order valence-corrected chi connectivity index (χ0v) is 13.8. The molecule has 1 aliphatic heterocycles. The van der Waals surface area contributed by atoms with Crippen LogP contribution in [0.2, 0.25) is 5.02 Å². The van der Waals surface area contributed by atoms with Gasteiger partial charge in [0.1, 0.15) is 0 Å². The van der Waals surface area contributed by atoms with Gasteiger partial charge in [-0.05, 0) is 35.9 Å². The number of hydrogen-bond acceptors (Lipinski definition) is 2. The van der Waals surface area contributed by atoms with Gasteiger partial charge in [-0.3, -0.25) is 14.5 Å². The number of fused-ring (bicyclic) bond motifs is 2. The van der Waals surface area contributed by atoms with E-state index < -0.39 is 0 Å². The van der Waals surface area contributed by atoms with Gasteiger partial charge >= 0.3 is 0 Å². The van der Waals surface area contributed by atoms with E-state index in [1.54, 1.807) is 24.3 Å². The van der Waals surface area contributed by atoms with Crippen LogP contribution in [0.25, 0.3) is 10.9 Å². The molecule has 1 aromatic heterocycles. The van der Waals surface area contributed by atoms with Crippen LogP contribution >= 0.6 is 11.6 Å². The van der Waals surface area contributed by atoms with E-state index in [2.05, 4.69) is 4.98 Å². The predicted molar refractivity (Wildman–Crippen MR) is 93.5 cm³/mol. The number of nitrogens with one attached hydrogen (secondary N) is 1. The molecule has 0 aliphatic carbocycles. The predicted octanol–water partition coefficient (Wildman–Crippen LogP) is 4.22. The van der Waals surface area contributed by atoms with Gasteiger partial charge in [-0.25, -0.2) is 0 Å². The van der Waals surface area contributed by atoms with E-state index in [9.17, 15) is 9.59 Å². The molecule has 1 N–H and O–H groups in total. The molecule has 0 bridgehead atoms. The molecule has 120 valence electrons. The van der Waals surface area contributed by atoms with Crippen molar-refractivity contribution in [3.05, 3.63) is 70.4 Å². The first-order chi connectivity index (χ1) is 11.6. The van der Waals surface area contributed by atoms with Crippen molar-refractivity contribution < 1.29 is 9.59 Å². The summed E-state index contributed by atoms with van der Waals surface area (Å²) >= 11 is 6.10. The maximum absolute atomic E-state index is 12.5. The highest BCUT2D eigenvalue weighted by molar-refractivity contribution is 6.31. The largest absolute Gasteiger partial charge is 0.361 e. The second-order valence-electron chi connectivity index (χ2n) is 6.10. The van der Waals surface area contributed by atoms with Crippen LogP contribution in [0.1, 0.15) is 39.1 Å². The summed E-state index contributed by atoms with van der Waals surface area (Å²) in [6, 6.07) is 12.6. The van der Waals surface area contributed by atoms with E-state index in [4.69, 9.17) is 11.6 Å². The Morgan fingerprint density at radius 2 is 1.75 bits per heavy atom. The van der Waals surface area contributed by atoms with Crippen LogP contribution in [0.15, 0.2) is 48.7 Å². The number of carbonyl (C=O) groups is 2. The minimum absolute atomic E-state index is 0.000529. The Morgan fingerprint density at radius 1 is 1.08 bits per heavy atom. The summed E-state index contributed by atoms with van der Waals surface area (Å²) in [5.41, 5.74) is 3.00. The molecule has 0 spiro atoms. The number of H-pyrrole nitrogens is 1. The van der Waals surface area contributed by atoms with Gasteiger partial charge in [-0.2, -0.15) is 0 Å². The fourth-order valence-corrected chi connectivity index (χ4v) is 3.47. The Labute approximate surface area is 144 Å². The number of aromatic amines is 1. The molecule has 0 saturated heterocycles. The van der Waals surface area contributed by atoms with E-state index in [0.29, 0.717) is 22.7 Å². The third-order valence-corrected chi connectivity index (χ3v) is 4.78. The second kappa shape index (κ2) is 5.49. The standard InChI is InChI=1S/C19H15ClN2O2/c1-11(16-9-21-17-7-6-12(20)8-15(16)17)10-22-18(23)13-4-2-3-5-14(13)19(22)24/h2-9,11,21H,10H2,1H3. The molecule has 24 heavy (non-hydrogen) atoms. The fourth-order valence-electron chi connectivity index (χ4n) is 3.30. The molecule has 0 fully saturated rings. The summed E-state index contributed by atoms with van der Waals surface area (Å²) in [6.45, 7) is 2.35. The topological polar surface area (TPSA) is 53.2 Å². The van der Waals surface area contributed by atoms with Crippen molar-refractivity contribution in [1.29, 1.82) is 0 Å². The Bertz CT molecular complexity index is 941. The Balaban J connectivity index is 1.65. The van der Waals surface area contributed by atoms with Gasteiger partial charge in [0.25, 0.3) is 11.8 Å². The van der Waals surface area contributed by atoms with Gasteiger partial charge in [0, 0.05) is 34.6 Å². The lowest BCUT2D eigenvalue weighted by Gasteiger charge is -2.19. The molecular formula is C19H15ClN2O2. The minimum Gasteiger partial charge on any atom is -0.361 e. The second-order valence-corrected chi connectivity index (χ2v) is 6.54. The van der Waals surface area contributed by atoms with Gasteiger partial charge in [0.05, 0.1) is 11.1 Å². The molecule has 4 rings (SSSR count). The quantitative estimate of drug-likeness (QED) is 0.727. The number of imide groups is 1. The molecule has 0 saturated carbocycles. The highest BCUT2D eigenvalue weighted by Gasteiger charge is 2.36. The SMILES string of the molecule is CC(CN1C(=O)c2ccccc2C1=O)c1c[nH]c2ccc(Cl)cc12. The lowest BCUT2D eigenvalue weighted by Crippen LogP contribution is -2.33. The molecule has 1 atom stereocenters. The molecular weight excluding hydrogens is 324 g/mol. The molecule has 0 radical (unpaired) electrons. The number of halogens is 1. The fraction of sp³-hybridized carbons (Fsp3) is 0.158. The summed E-state index contributed by atoms with van der Waals surface area (Å²) in [6.07, 6.45) is 1.92. The van der Waals surface area contributed by atoms with Gasteiger partial charge in [-0.1, -0.05) is 30.7 Å². The zero-order valence-electron chi connectivity index (χ0n) is 13.0. The maximum atomic E-state index is 12.5. The van der Waals surface area contributed by atoms with Crippen molar-refractivity contribution in [2.75, 3.05) is 6.54 Å². The van der Waals surface area contributed by atoms with Crippen LogP contribution in [-0.2, 0) is 0 Å². The van der Waals surface area contributed by atoms with Gasteiger partial charge in [0.2, 0.25) is 0 Å². The van der Waals surface area contributed by atoms with Crippen molar-refractivity contribution in [3.8, 4) is 0 Å². The number of nitrogens with zero attached hydrogens (tertiary/aromatic N) is 1. The van der Waals surface area contributed by atoms with Crippen molar-refractivity contribution >= 4 is 34.3 Å². The van der Waals surface area contributed by atoms with Gasteiger partial charge < -0.3 is 4.98 Å². The van der Waals surface area contributed by atoms with Crippen molar-refractivity contribution in [2.24, 2.45) is 0 Å². The van der Waals surface area contributed by atoms with E-state index >= 15 is 0 Å². The molecule has 2 amide bonds. The Morgan fingerprint density at radius 3 is 2.42 bits per heavy atom. The van der Waals surface area contributed by atoms with E-state index in [-0.39, 0.29) is 17.7 Å². The first-order valence-corrected chi connectivity index (χ1v) is 8.16. The summed E-state index contributed by atoms with van der Waals surface area (Å²) in [7, 11) is 0. The number of aromatic nitrogens is 1. The molecule has 3 aromatic rings. The maximum Gasteiger partial charge on any atom is 0.261 e. The number of hydrogen-bond donors (Lipinski definition) is 1.